The predicted molar refractivity (Wildman–Crippen MR) is 74.0 cm³/mol. The number of fused-ring (bicyclic) bond motifs is 1. The van der Waals surface area contributed by atoms with Crippen LogP contribution in [0, 0.1) is 0 Å². The number of rotatable bonds is 2. The minimum atomic E-state index is -0.238. The highest BCUT2D eigenvalue weighted by Crippen LogP contribution is 2.34. The molecule has 0 amide bonds. The quantitative estimate of drug-likeness (QED) is 0.876. The van der Waals surface area contributed by atoms with Crippen molar-refractivity contribution in [3.8, 4) is 0 Å². The predicted octanol–water partition coefficient (Wildman–Crippen LogP) is 2.79. The highest BCUT2D eigenvalue weighted by Gasteiger charge is 2.33. The molecule has 3 heteroatoms. The van der Waals surface area contributed by atoms with Gasteiger partial charge in [-0.25, -0.2) is 4.98 Å². The molecule has 0 spiro atoms. The van der Waals surface area contributed by atoms with E-state index < -0.39 is 0 Å². The van der Waals surface area contributed by atoms with E-state index in [2.05, 4.69) is 39.2 Å². The molecule has 0 radical (unpaired) electrons. The van der Waals surface area contributed by atoms with Crippen LogP contribution in [0.2, 0.25) is 0 Å². The Morgan fingerprint density at radius 1 is 1.17 bits per heavy atom. The third kappa shape index (κ3) is 2.20. The molecule has 1 aromatic rings. The zero-order valence-electron chi connectivity index (χ0n) is 12.4. The molecule has 0 atom stereocenters. The van der Waals surface area contributed by atoms with Crippen molar-refractivity contribution >= 4 is 0 Å². The maximum Gasteiger partial charge on any atom is 0.114 e. The lowest BCUT2D eigenvalue weighted by Gasteiger charge is -2.25. The summed E-state index contributed by atoms with van der Waals surface area (Å²) in [7, 11) is 0. The zero-order valence-corrected chi connectivity index (χ0v) is 12.4. The molecule has 3 nitrogen and oxygen atoms in total. The molecule has 0 aromatic carbocycles. The van der Waals surface area contributed by atoms with Gasteiger partial charge in [0.1, 0.15) is 5.82 Å². The minimum Gasteiger partial charge on any atom is -0.395 e. The third-order valence-electron chi connectivity index (χ3n) is 3.82. The summed E-state index contributed by atoms with van der Waals surface area (Å²) in [5, 5.41) is 9.61. The molecule has 0 aliphatic carbocycles. The number of hydrogen-bond acceptors (Lipinski definition) is 2. The van der Waals surface area contributed by atoms with E-state index in [0.717, 1.165) is 18.7 Å². The second kappa shape index (κ2) is 4.37. The Kier molecular flexibility index (Phi) is 3.30. The van der Waals surface area contributed by atoms with Crippen LogP contribution in [0.15, 0.2) is 0 Å². The summed E-state index contributed by atoms with van der Waals surface area (Å²) >= 11 is 0. The van der Waals surface area contributed by atoms with Crippen molar-refractivity contribution in [3.05, 3.63) is 17.2 Å². The van der Waals surface area contributed by atoms with Crippen LogP contribution in [-0.2, 0) is 23.8 Å². The van der Waals surface area contributed by atoms with Gasteiger partial charge >= 0.3 is 0 Å². The highest BCUT2D eigenvalue weighted by molar-refractivity contribution is 5.28. The second-order valence-electron chi connectivity index (χ2n) is 7.13. The van der Waals surface area contributed by atoms with Crippen molar-refractivity contribution < 1.29 is 5.11 Å². The average Bonchev–Trinajstić information content (AvgIpc) is 2.68. The van der Waals surface area contributed by atoms with E-state index in [9.17, 15) is 5.11 Å². The van der Waals surface area contributed by atoms with Crippen LogP contribution in [0.3, 0.4) is 0 Å². The summed E-state index contributed by atoms with van der Waals surface area (Å²) in [5.74, 6) is 1.17. The van der Waals surface area contributed by atoms with Crippen molar-refractivity contribution in [2.75, 3.05) is 6.61 Å². The van der Waals surface area contributed by atoms with E-state index in [1.165, 1.54) is 24.4 Å². The van der Waals surface area contributed by atoms with Gasteiger partial charge in [-0.2, -0.15) is 0 Å². The first kappa shape index (κ1) is 13.6. The first-order chi connectivity index (χ1) is 8.27. The number of aliphatic hydroxyl groups is 1. The molecular weight excluding hydrogens is 224 g/mol. The van der Waals surface area contributed by atoms with Crippen LogP contribution in [0.5, 0.6) is 0 Å². The molecule has 1 aromatic heterocycles. The summed E-state index contributed by atoms with van der Waals surface area (Å²) in [4.78, 5) is 4.91. The maximum absolute atomic E-state index is 9.61. The van der Waals surface area contributed by atoms with Gasteiger partial charge in [0.2, 0.25) is 0 Å². The fourth-order valence-electron chi connectivity index (χ4n) is 2.73. The topological polar surface area (TPSA) is 38.1 Å². The van der Waals surface area contributed by atoms with E-state index in [1.807, 2.05) is 0 Å². The Bertz CT molecular complexity index is 438. The molecule has 0 bridgehead atoms. The summed E-state index contributed by atoms with van der Waals surface area (Å²) in [6.07, 6.45) is 3.58. The second-order valence-corrected chi connectivity index (χ2v) is 7.13. The molecule has 18 heavy (non-hydrogen) atoms. The van der Waals surface area contributed by atoms with Crippen LogP contribution in [0.25, 0.3) is 0 Å². The fourth-order valence-corrected chi connectivity index (χ4v) is 2.73. The van der Waals surface area contributed by atoms with Crippen LogP contribution < -0.4 is 0 Å². The van der Waals surface area contributed by atoms with Gasteiger partial charge in [0, 0.05) is 23.1 Å². The van der Waals surface area contributed by atoms with Gasteiger partial charge in [-0.3, -0.25) is 0 Å². The molecule has 2 heterocycles. The van der Waals surface area contributed by atoms with E-state index in [0.29, 0.717) is 0 Å². The standard InChI is InChI=1S/C15H26N2O/c1-14(2,3)13-16-12(15(4,5)10-18)11-8-6-7-9-17(11)13/h18H,6-10H2,1-5H3. The monoisotopic (exact) mass is 250 g/mol. The normalized spacial score (nSPS) is 16.8. The largest absolute Gasteiger partial charge is 0.395 e. The Labute approximate surface area is 110 Å². The summed E-state index contributed by atoms with van der Waals surface area (Å²) in [5.41, 5.74) is 2.29. The van der Waals surface area contributed by atoms with Crippen LogP contribution >= 0.6 is 0 Å². The molecule has 0 fully saturated rings. The van der Waals surface area contributed by atoms with E-state index in [1.54, 1.807) is 0 Å². The van der Waals surface area contributed by atoms with Crippen molar-refractivity contribution in [1.82, 2.24) is 9.55 Å². The minimum absolute atomic E-state index is 0.0654. The molecule has 0 saturated carbocycles. The first-order valence-electron chi connectivity index (χ1n) is 6.98. The number of aliphatic hydroxyl groups excluding tert-OH is 1. The fraction of sp³-hybridized carbons (Fsp3) is 0.800. The van der Waals surface area contributed by atoms with E-state index >= 15 is 0 Å². The highest BCUT2D eigenvalue weighted by atomic mass is 16.3. The van der Waals surface area contributed by atoms with E-state index in [-0.39, 0.29) is 17.4 Å². The zero-order chi connectivity index (χ0) is 13.6. The Hall–Kier alpha value is -0.830. The van der Waals surface area contributed by atoms with Crippen molar-refractivity contribution in [2.24, 2.45) is 0 Å². The van der Waals surface area contributed by atoms with Crippen molar-refractivity contribution in [3.63, 3.8) is 0 Å². The van der Waals surface area contributed by atoms with Gasteiger partial charge < -0.3 is 9.67 Å². The molecule has 1 N–H and O–H groups in total. The first-order valence-corrected chi connectivity index (χ1v) is 6.98. The molecule has 0 saturated heterocycles. The van der Waals surface area contributed by atoms with Crippen LogP contribution in [0.4, 0.5) is 0 Å². The van der Waals surface area contributed by atoms with Gasteiger partial charge in [0.05, 0.1) is 12.3 Å². The molecular formula is C15H26N2O. The van der Waals surface area contributed by atoms with Gasteiger partial charge in [0.25, 0.3) is 0 Å². The van der Waals surface area contributed by atoms with Gasteiger partial charge in [-0.1, -0.05) is 34.6 Å². The Balaban J connectivity index is 2.59. The van der Waals surface area contributed by atoms with Crippen molar-refractivity contribution in [2.45, 2.75) is 71.3 Å². The lowest BCUT2D eigenvalue weighted by atomic mass is 9.87. The number of imidazole rings is 1. The van der Waals surface area contributed by atoms with Gasteiger partial charge in [-0.15, -0.1) is 0 Å². The van der Waals surface area contributed by atoms with Crippen LogP contribution in [-0.4, -0.2) is 21.3 Å². The van der Waals surface area contributed by atoms with E-state index in [4.69, 9.17) is 4.98 Å². The number of nitrogens with zero attached hydrogens (tertiary/aromatic N) is 2. The molecule has 0 unspecified atom stereocenters. The lowest BCUT2D eigenvalue weighted by Crippen LogP contribution is -2.25. The van der Waals surface area contributed by atoms with Gasteiger partial charge in [-0.05, 0) is 19.3 Å². The van der Waals surface area contributed by atoms with Crippen LogP contribution in [0.1, 0.15) is 64.7 Å². The molecule has 102 valence electrons. The summed E-state index contributed by atoms with van der Waals surface area (Å²) in [6, 6.07) is 0. The maximum atomic E-state index is 9.61. The molecule has 1 aliphatic rings. The third-order valence-corrected chi connectivity index (χ3v) is 3.82. The number of hydrogen-bond donors (Lipinski definition) is 1. The summed E-state index contributed by atoms with van der Waals surface area (Å²) < 4.78 is 2.40. The smallest absolute Gasteiger partial charge is 0.114 e. The molecule has 2 rings (SSSR count). The number of aromatic nitrogens is 2. The summed E-state index contributed by atoms with van der Waals surface area (Å²) in [6.45, 7) is 12.0. The Morgan fingerprint density at radius 2 is 1.83 bits per heavy atom. The Morgan fingerprint density at radius 3 is 2.39 bits per heavy atom. The molecule has 1 aliphatic heterocycles. The average molecular weight is 250 g/mol. The SMILES string of the molecule is CC(C)(C)c1nc(C(C)(C)CO)c2n1CCCC2. The van der Waals surface area contributed by atoms with Gasteiger partial charge in [0.15, 0.2) is 0 Å². The van der Waals surface area contributed by atoms with Crippen molar-refractivity contribution in [1.29, 1.82) is 0 Å². The lowest BCUT2D eigenvalue weighted by molar-refractivity contribution is 0.214.